The molecule has 1 atom stereocenters. The molecule has 2 N–H and O–H groups in total. The summed E-state index contributed by atoms with van der Waals surface area (Å²) in [5.41, 5.74) is 0.961. The van der Waals surface area contributed by atoms with Gasteiger partial charge in [0.2, 0.25) is 5.91 Å². The van der Waals surface area contributed by atoms with E-state index in [4.69, 9.17) is 4.74 Å². The van der Waals surface area contributed by atoms with Crippen LogP contribution in [0, 0.1) is 5.92 Å². The SMILES string of the molecule is CCOc1ccc(C(=O)NC(C(=O)Nc2ccccc2SC(=O)N(C)C)C(C)C)cc1. The van der Waals surface area contributed by atoms with Crippen LogP contribution in [0.25, 0.3) is 0 Å². The van der Waals surface area contributed by atoms with Gasteiger partial charge in [-0.2, -0.15) is 0 Å². The number of nitrogens with one attached hydrogen (secondary N) is 2. The maximum Gasteiger partial charge on any atom is 0.286 e. The second-order valence-electron chi connectivity index (χ2n) is 7.40. The topological polar surface area (TPSA) is 87.7 Å². The fourth-order valence-electron chi connectivity index (χ4n) is 2.68. The fourth-order valence-corrected chi connectivity index (χ4v) is 3.43. The molecular formula is C23H29N3O4S. The van der Waals surface area contributed by atoms with Gasteiger partial charge in [0, 0.05) is 24.6 Å². The number of rotatable bonds is 8. The number of carbonyl (C=O) groups excluding carboxylic acids is 3. The molecule has 31 heavy (non-hydrogen) atoms. The van der Waals surface area contributed by atoms with Crippen molar-refractivity contribution in [3.63, 3.8) is 0 Å². The van der Waals surface area contributed by atoms with Crippen molar-refractivity contribution in [1.82, 2.24) is 10.2 Å². The highest BCUT2D eigenvalue weighted by Crippen LogP contribution is 2.29. The molecule has 0 radical (unpaired) electrons. The number of nitrogens with zero attached hydrogens (tertiary/aromatic N) is 1. The standard InChI is InChI=1S/C23H29N3O4S/c1-6-30-17-13-11-16(12-14-17)21(27)25-20(15(2)3)22(28)24-18-9-7-8-10-19(18)31-23(29)26(4)5/h7-15,20H,6H2,1-5H3,(H,24,28)(H,25,27). The molecule has 0 aliphatic carbocycles. The van der Waals surface area contributed by atoms with Crippen LogP contribution in [0.3, 0.4) is 0 Å². The number of hydrogen-bond acceptors (Lipinski definition) is 5. The van der Waals surface area contributed by atoms with Crippen molar-refractivity contribution in [3.05, 3.63) is 54.1 Å². The Morgan fingerprint density at radius 1 is 1.03 bits per heavy atom. The minimum absolute atomic E-state index is 0.144. The van der Waals surface area contributed by atoms with E-state index in [1.165, 1.54) is 4.90 Å². The van der Waals surface area contributed by atoms with Crippen LogP contribution in [0.5, 0.6) is 5.75 Å². The first-order chi connectivity index (χ1) is 14.7. The average Bonchev–Trinajstić information content (AvgIpc) is 2.73. The molecule has 2 rings (SSSR count). The summed E-state index contributed by atoms with van der Waals surface area (Å²) in [5.74, 6) is -0.157. The second-order valence-corrected chi connectivity index (χ2v) is 8.39. The number of ether oxygens (including phenoxy) is 1. The molecule has 8 heteroatoms. The predicted octanol–water partition coefficient (Wildman–Crippen LogP) is 4.25. The smallest absolute Gasteiger partial charge is 0.286 e. The highest BCUT2D eigenvalue weighted by molar-refractivity contribution is 8.13. The van der Waals surface area contributed by atoms with Crippen molar-refractivity contribution in [2.24, 2.45) is 5.92 Å². The number of carbonyl (C=O) groups is 3. The van der Waals surface area contributed by atoms with Gasteiger partial charge in [-0.15, -0.1) is 0 Å². The van der Waals surface area contributed by atoms with Crippen molar-refractivity contribution >= 4 is 34.5 Å². The molecule has 1 unspecified atom stereocenters. The molecule has 166 valence electrons. The Labute approximate surface area is 187 Å². The van der Waals surface area contributed by atoms with E-state index in [9.17, 15) is 14.4 Å². The Kier molecular flexibility index (Phi) is 8.93. The lowest BCUT2D eigenvalue weighted by Gasteiger charge is -2.22. The lowest BCUT2D eigenvalue weighted by atomic mass is 10.0. The molecular weight excluding hydrogens is 414 g/mol. The quantitative estimate of drug-likeness (QED) is 0.596. The number of anilines is 1. The minimum atomic E-state index is -0.748. The summed E-state index contributed by atoms with van der Waals surface area (Å²) in [4.78, 5) is 39.8. The third-order valence-electron chi connectivity index (χ3n) is 4.37. The monoisotopic (exact) mass is 443 g/mol. The first kappa shape index (κ1) is 24.3. The number of thioether (sulfide) groups is 1. The zero-order chi connectivity index (χ0) is 23.0. The lowest BCUT2D eigenvalue weighted by molar-refractivity contribution is -0.118. The average molecular weight is 444 g/mol. The molecule has 0 aromatic heterocycles. The first-order valence-electron chi connectivity index (χ1n) is 10.1. The summed E-state index contributed by atoms with van der Waals surface area (Å²) in [6, 6.07) is 13.1. The van der Waals surface area contributed by atoms with Gasteiger partial charge in [0.05, 0.1) is 12.3 Å². The Hall–Kier alpha value is -3.00. The number of para-hydroxylation sites is 1. The Balaban J connectivity index is 2.12. The Morgan fingerprint density at radius 2 is 1.68 bits per heavy atom. The second kappa shape index (κ2) is 11.4. The number of benzene rings is 2. The van der Waals surface area contributed by atoms with E-state index in [2.05, 4.69) is 10.6 Å². The molecule has 0 heterocycles. The molecule has 2 aromatic rings. The summed E-state index contributed by atoms with van der Waals surface area (Å²) in [6.07, 6.45) is 0. The lowest BCUT2D eigenvalue weighted by Crippen LogP contribution is -2.47. The van der Waals surface area contributed by atoms with Gasteiger partial charge in [-0.1, -0.05) is 26.0 Å². The fraction of sp³-hybridized carbons (Fsp3) is 0.348. The van der Waals surface area contributed by atoms with Crippen LogP contribution in [0.1, 0.15) is 31.1 Å². The summed E-state index contributed by atoms with van der Waals surface area (Å²) >= 11 is 1.03. The Morgan fingerprint density at radius 3 is 2.26 bits per heavy atom. The molecule has 0 spiro atoms. The normalized spacial score (nSPS) is 11.5. The molecule has 0 fully saturated rings. The Bertz CT molecular complexity index is 913. The highest BCUT2D eigenvalue weighted by Gasteiger charge is 2.25. The third kappa shape index (κ3) is 7.03. The largest absolute Gasteiger partial charge is 0.494 e. The van der Waals surface area contributed by atoms with E-state index in [1.807, 2.05) is 20.8 Å². The third-order valence-corrected chi connectivity index (χ3v) is 5.49. The molecule has 0 bridgehead atoms. The van der Waals surface area contributed by atoms with Crippen LogP contribution in [0.2, 0.25) is 0 Å². The summed E-state index contributed by atoms with van der Waals surface area (Å²) in [5, 5.41) is 5.52. The van der Waals surface area contributed by atoms with Crippen molar-refractivity contribution < 1.29 is 19.1 Å². The van der Waals surface area contributed by atoms with E-state index in [0.717, 1.165) is 11.8 Å². The zero-order valence-corrected chi connectivity index (χ0v) is 19.3. The number of hydrogen-bond donors (Lipinski definition) is 2. The first-order valence-corrected chi connectivity index (χ1v) is 10.9. The molecule has 7 nitrogen and oxygen atoms in total. The van der Waals surface area contributed by atoms with Crippen LogP contribution in [0.15, 0.2) is 53.4 Å². The van der Waals surface area contributed by atoms with Gasteiger partial charge in [-0.25, -0.2) is 0 Å². The molecule has 0 aliphatic rings. The molecule has 0 aliphatic heterocycles. The van der Waals surface area contributed by atoms with E-state index in [-0.39, 0.29) is 23.0 Å². The van der Waals surface area contributed by atoms with Crippen LogP contribution >= 0.6 is 11.8 Å². The van der Waals surface area contributed by atoms with Gasteiger partial charge in [0.1, 0.15) is 11.8 Å². The van der Waals surface area contributed by atoms with Gasteiger partial charge in [-0.05, 0) is 61.0 Å². The van der Waals surface area contributed by atoms with Crippen LogP contribution in [-0.2, 0) is 4.79 Å². The van der Waals surface area contributed by atoms with Gasteiger partial charge in [0.15, 0.2) is 0 Å². The number of amides is 3. The van der Waals surface area contributed by atoms with Gasteiger partial charge >= 0.3 is 0 Å². The molecule has 2 aromatic carbocycles. The van der Waals surface area contributed by atoms with E-state index >= 15 is 0 Å². The van der Waals surface area contributed by atoms with Crippen molar-refractivity contribution in [1.29, 1.82) is 0 Å². The predicted molar refractivity (Wildman–Crippen MR) is 124 cm³/mol. The summed E-state index contributed by atoms with van der Waals surface area (Å²) < 4.78 is 5.39. The summed E-state index contributed by atoms with van der Waals surface area (Å²) in [6.45, 7) is 6.15. The van der Waals surface area contributed by atoms with Gasteiger partial charge in [-0.3, -0.25) is 14.4 Å². The van der Waals surface area contributed by atoms with Crippen LogP contribution < -0.4 is 15.4 Å². The molecule has 3 amide bonds. The molecule has 0 saturated heterocycles. The highest BCUT2D eigenvalue weighted by atomic mass is 32.2. The maximum absolute atomic E-state index is 13.0. The van der Waals surface area contributed by atoms with Gasteiger partial charge in [0.25, 0.3) is 11.1 Å². The van der Waals surface area contributed by atoms with E-state index < -0.39 is 6.04 Å². The van der Waals surface area contributed by atoms with Crippen LogP contribution in [-0.4, -0.2) is 48.7 Å². The van der Waals surface area contributed by atoms with E-state index in [1.54, 1.807) is 62.6 Å². The van der Waals surface area contributed by atoms with Crippen molar-refractivity contribution in [2.45, 2.75) is 31.7 Å². The van der Waals surface area contributed by atoms with Gasteiger partial charge < -0.3 is 20.3 Å². The zero-order valence-electron chi connectivity index (χ0n) is 18.5. The van der Waals surface area contributed by atoms with E-state index in [0.29, 0.717) is 28.5 Å². The maximum atomic E-state index is 13.0. The molecule has 0 saturated carbocycles. The minimum Gasteiger partial charge on any atom is -0.494 e. The van der Waals surface area contributed by atoms with Crippen molar-refractivity contribution in [2.75, 3.05) is 26.0 Å². The van der Waals surface area contributed by atoms with Crippen molar-refractivity contribution in [3.8, 4) is 5.75 Å². The van der Waals surface area contributed by atoms with Crippen LogP contribution in [0.4, 0.5) is 10.5 Å². The summed E-state index contributed by atoms with van der Waals surface area (Å²) in [7, 11) is 3.34.